The van der Waals surface area contributed by atoms with Gasteiger partial charge in [-0.1, -0.05) is 6.92 Å². The van der Waals surface area contributed by atoms with E-state index in [0.29, 0.717) is 22.8 Å². The molecule has 20 heavy (non-hydrogen) atoms. The Morgan fingerprint density at radius 3 is 2.45 bits per heavy atom. The maximum atomic E-state index is 12.5. The van der Waals surface area contributed by atoms with Gasteiger partial charge < -0.3 is 13.9 Å². The fourth-order valence-corrected chi connectivity index (χ4v) is 2.34. The summed E-state index contributed by atoms with van der Waals surface area (Å²) in [6, 6.07) is 6.82. The zero-order valence-electron chi connectivity index (χ0n) is 11.5. The molecule has 0 unspecified atom stereocenters. The minimum Gasteiger partial charge on any atom is -0.496 e. The van der Waals surface area contributed by atoms with Crippen molar-refractivity contribution in [2.24, 2.45) is 0 Å². The SMILES string of the molecule is CCc1ccc(C(=O)c2cc(OC)c(Br)cc2OC)o1. The lowest BCUT2D eigenvalue weighted by Gasteiger charge is -2.10. The summed E-state index contributed by atoms with van der Waals surface area (Å²) in [6.45, 7) is 1.97. The van der Waals surface area contributed by atoms with Gasteiger partial charge in [0.2, 0.25) is 5.78 Å². The average molecular weight is 339 g/mol. The van der Waals surface area contributed by atoms with Crippen molar-refractivity contribution >= 4 is 21.7 Å². The number of hydrogen-bond acceptors (Lipinski definition) is 4. The first-order chi connectivity index (χ1) is 9.60. The van der Waals surface area contributed by atoms with Crippen LogP contribution in [-0.4, -0.2) is 20.0 Å². The second-order valence-corrected chi connectivity index (χ2v) is 4.99. The van der Waals surface area contributed by atoms with Gasteiger partial charge in [0, 0.05) is 6.42 Å². The van der Waals surface area contributed by atoms with Crippen molar-refractivity contribution in [3.8, 4) is 11.5 Å². The molecule has 0 N–H and O–H groups in total. The zero-order valence-corrected chi connectivity index (χ0v) is 13.1. The van der Waals surface area contributed by atoms with Crippen molar-refractivity contribution in [3.63, 3.8) is 0 Å². The van der Waals surface area contributed by atoms with E-state index in [1.54, 1.807) is 31.4 Å². The molecule has 0 amide bonds. The van der Waals surface area contributed by atoms with E-state index in [1.165, 1.54) is 7.11 Å². The molecule has 0 bridgehead atoms. The molecule has 106 valence electrons. The first-order valence-corrected chi connectivity index (χ1v) is 6.95. The number of ketones is 1. The quantitative estimate of drug-likeness (QED) is 0.777. The molecule has 0 spiro atoms. The number of carbonyl (C=O) groups is 1. The van der Waals surface area contributed by atoms with Crippen molar-refractivity contribution in [1.29, 1.82) is 0 Å². The summed E-state index contributed by atoms with van der Waals surface area (Å²) >= 11 is 3.36. The lowest BCUT2D eigenvalue weighted by Crippen LogP contribution is -2.04. The lowest BCUT2D eigenvalue weighted by molar-refractivity contribution is 0.100. The van der Waals surface area contributed by atoms with Gasteiger partial charge >= 0.3 is 0 Å². The molecule has 0 aliphatic heterocycles. The summed E-state index contributed by atoms with van der Waals surface area (Å²) in [5.41, 5.74) is 0.407. The number of benzene rings is 1. The highest BCUT2D eigenvalue weighted by atomic mass is 79.9. The molecular weight excluding hydrogens is 324 g/mol. The number of halogens is 1. The molecule has 0 radical (unpaired) electrons. The fourth-order valence-electron chi connectivity index (χ4n) is 1.86. The van der Waals surface area contributed by atoms with E-state index in [9.17, 15) is 4.79 Å². The van der Waals surface area contributed by atoms with Crippen molar-refractivity contribution in [1.82, 2.24) is 0 Å². The van der Waals surface area contributed by atoms with Crippen LogP contribution in [-0.2, 0) is 6.42 Å². The smallest absolute Gasteiger partial charge is 0.232 e. The predicted octanol–water partition coefficient (Wildman–Crippen LogP) is 3.85. The number of rotatable bonds is 5. The van der Waals surface area contributed by atoms with Crippen molar-refractivity contribution in [3.05, 3.63) is 45.8 Å². The van der Waals surface area contributed by atoms with Crippen molar-refractivity contribution in [2.45, 2.75) is 13.3 Å². The number of furan rings is 1. The van der Waals surface area contributed by atoms with E-state index in [-0.39, 0.29) is 5.78 Å². The zero-order chi connectivity index (χ0) is 14.7. The van der Waals surface area contributed by atoms with Gasteiger partial charge in [0.25, 0.3) is 0 Å². The normalized spacial score (nSPS) is 10.4. The predicted molar refractivity (Wildman–Crippen MR) is 78.8 cm³/mol. The van der Waals surface area contributed by atoms with Gasteiger partial charge in [-0.25, -0.2) is 0 Å². The highest BCUT2D eigenvalue weighted by Crippen LogP contribution is 2.34. The Labute approximate surface area is 125 Å². The first kappa shape index (κ1) is 14.7. The van der Waals surface area contributed by atoms with Crippen LogP contribution >= 0.6 is 15.9 Å². The molecule has 1 aromatic carbocycles. The molecular formula is C15H15BrO4. The Kier molecular flexibility index (Phi) is 4.49. The van der Waals surface area contributed by atoms with Crippen LogP contribution in [0.5, 0.6) is 11.5 Å². The summed E-state index contributed by atoms with van der Waals surface area (Å²) in [6.07, 6.45) is 0.744. The second-order valence-electron chi connectivity index (χ2n) is 4.14. The van der Waals surface area contributed by atoms with E-state index in [2.05, 4.69) is 15.9 Å². The lowest BCUT2D eigenvalue weighted by atomic mass is 10.1. The van der Waals surface area contributed by atoms with Crippen LogP contribution in [0.15, 0.2) is 33.2 Å². The van der Waals surface area contributed by atoms with Crippen LogP contribution in [0.4, 0.5) is 0 Å². The van der Waals surface area contributed by atoms with Crippen LogP contribution in [0.3, 0.4) is 0 Å². The number of methoxy groups -OCH3 is 2. The number of aryl methyl sites for hydroxylation is 1. The Morgan fingerprint density at radius 1 is 1.20 bits per heavy atom. The molecule has 1 aromatic heterocycles. The summed E-state index contributed by atoms with van der Waals surface area (Å²) < 4.78 is 16.7. The maximum Gasteiger partial charge on any atom is 0.232 e. The number of hydrogen-bond donors (Lipinski definition) is 0. The van der Waals surface area contributed by atoms with Crippen LogP contribution in [0, 0.1) is 0 Å². The first-order valence-electron chi connectivity index (χ1n) is 6.15. The number of ether oxygens (including phenoxy) is 2. The van der Waals surface area contributed by atoms with Gasteiger partial charge in [-0.3, -0.25) is 4.79 Å². The Bertz CT molecular complexity index is 631. The van der Waals surface area contributed by atoms with E-state index in [4.69, 9.17) is 13.9 Å². The van der Waals surface area contributed by atoms with Crippen LogP contribution in [0.2, 0.25) is 0 Å². The monoisotopic (exact) mass is 338 g/mol. The highest BCUT2D eigenvalue weighted by Gasteiger charge is 2.20. The standard InChI is InChI=1S/C15H15BrO4/c1-4-9-5-6-12(20-9)15(17)10-7-14(19-3)11(16)8-13(10)18-2/h5-8H,4H2,1-3H3. The van der Waals surface area contributed by atoms with Crippen LogP contribution < -0.4 is 9.47 Å². The van der Waals surface area contributed by atoms with Gasteiger partial charge in [-0.2, -0.15) is 0 Å². The van der Waals surface area contributed by atoms with Crippen LogP contribution in [0.25, 0.3) is 0 Å². The third-order valence-electron chi connectivity index (χ3n) is 2.95. The summed E-state index contributed by atoms with van der Waals surface area (Å²) in [7, 11) is 3.06. The second kappa shape index (κ2) is 6.13. The van der Waals surface area contributed by atoms with Gasteiger partial charge in [0.05, 0.1) is 24.3 Å². The van der Waals surface area contributed by atoms with E-state index in [1.807, 2.05) is 6.92 Å². The molecule has 2 rings (SSSR count). The van der Waals surface area contributed by atoms with Gasteiger partial charge in [0.1, 0.15) is 17.3 Å². The minimum atomic E-state index is -0.229. The van der Waals surface area contributed by atoms with Gasteiger partial charge in [-0.05, 0) is 40.2 Å². The average Bonchev–Trinajstić information content (AvgIpc) is 2.95. The largest absolute Gasteiger partial charge is 0.496 e. The molecule has 2 aromatic rings. The molecule has 0 saturated heterocycles. The maximum absolute atomic E-state index is 12.5. The Hall–Kier alpha value is -1.75. The molecule has 4 nitrogen and oxygen atoms in total. The molecule has 0 saturated carbocycles. The van der Waals surface area contributed by atoms with E-state index in [0.717, 1.165) is 16.7 Å². The minimum absolute atomic E-state index is 0.229. The summed E-state index contributed by atoms with van der Waals surface area (Å²) in [5, 5.41) is 0. The third-order valence-corrected chi connectivity index (χ3v) is 3.57. The van der Waals surface area contributed by atoms with Gasteiger partial charge in [0.15, 0.2) is 5.76 Å². The highest BCUT2D eigenvalue weighted by molar-refractivity contribution is 9.10. The fraction of sp³-hybridized carbons (Fsp3) is 0.267. The Balaban J connectivity index is 2.47. The number of carbonyl (C=O) groups excluding carboxylic acids is 1. The van der Waals surface area contributed by atoms with E-state index >= 15 is 0 Å². The third kappa shape index (κ3) is 2.72. The van der Waals surface area contributed by atoms with Crippen molar-refractivity contribution in [2.75, 3.05) is 14.2 Å². The molecule has 0 atom stereocenters. The molecule has 0 aliphatic carbocycles. The molecule has 0 aliphatic rings. The van der Waals surface area contributed by atoms with Crippen LogP contribution in [0.1, 0.15) is 28.8 Å². The molecule has 0 fully saturated rings. The molecule has 5 heteroatoms. The van der Waals surface area contributed by atoms with Crippen molar-refractivity contribution < 1.29 is 18.7 Å². The topological polar surface area (TPSA) is 48.7 Å². The summed E-state index contributed by atoms with van der Waals surface area (Å²) in [5.74, 6) is 1.88. The summed E-state index contributed by atoms with van der Waals surface area (Å²) in [4.78, 5) is 12.5. The van der Waals surface area contributed by atoms with E-state index < -0.39 is 0 Å². The Morgan fingerprint density at radius 2 is 1.90 bits per heavy atom. The molecule has 1 heterocycles. The van der Waals surface area contributed by atoms with Gasteiger partial charge in [-0.15, -0.1) is 0 Å².